The Bertz CT molecular complexity index is 1160. The number of imide groups is 1. The van der Waals surface area contributed by atoms with E-state index >= 15 is 0 Å². The molecule has 3 aromatic carbocycles. The average molecular weight is 409 g/mol. The van der Waals surface area contributed by atoms with E-state index in [0.717, 1.165) is 16.8 Å². The molecule has 3 atom stereocenters. The van der Waals surface area contributed by atoms with Crippen LogP contribution in [0.15, 0.2) is 84.9 Å². The monoisotopic (exact) mass is 409 g/mol. The molecule has 31 heavy (non-hydrogen) atoms. The van der Waals surface area contributed by atoms with Gasteiger partial charge in [0.1, 0.15) is 5.92 Å². The highest BCUT2D eigenvalue weighted by Gasteiger charge is 2.59. The number of amides is 2. The molecule has 0 spiro atoms. The molecule has 2 amide bonds. The summed E-state index contributed by atoms with van der Waals surface area (Å²) in [5.41, 5.74) is 3.00. The fraction of sp³-hybridized carbons (Fsp3) is 0.160. The van der Waals surface area contributed by atoms with Crippen molar-refractivity contribution >= 4 is 17.5 Å². The van der Waals surface area contributed by atoms with Crippen LogP contribution in [0.5, 0.6) is 0 Å². The molecule has 2 fully saturated rings. The van der Waals surface area contributed by atoms with E-state index in [9.17, 15) is 9.59 Å². The second-order valence-corrected chi connectivity index (χ2v) is 7.64. The van der Waals surface area contributed by atoms with Crippen LogP contribution in [0, 0.1) is 17.2 Å². The molecular weight excluding hydrogens is 390 g/mol. The zero-order chi connectivity index (χ0) is 21.4. The van der Waals surface area contributed by atoms with E-state index in [4.69, 9.17) is 10.1 Å². The number of rotatable bonds is 4. The van der Waals surface area contributed by atoms with E-state index < -0.39 is 18.1 Å². The summed E-state index contributed by atoms with van der Waals surface area (Å²) in [6.07, 6.45) is -0.878. The first kappa shape index (κ1) is 19.0. The van der Waals surface area contributed by atoms with Crippen molar-refractivity contribution in [1.82, 2.24) is 4.90 Å². The third-order valence-electron chi connectivity index (χ3n) is 5.78. The Morgan fingerprint density at radius 2 is 1.48 bits per heavy atom. The molecule has 6 nitrogen and oxygen atoms in total. The topological polar surface area (TPSA) is 73.6 Å². The van der Waals surface area contributed by atoms with Crippen LogP contribution >= 0.6 is 0 Å². The highest BCUT2D eigenvalue weighted by atomic mass is 16.7. The van der Waals surface area contributed by atoms with Gasteiger partial charge in [0.25, 0.3) is 5.91 Å². The van der Waals surface area contributed by atoms with E-state index in [1.165, 1.54) is 4.90 Å². The highest BCUT2D eigenvalue weighted by molar-refractivity contribution is 6.07. The third kappa shape index (κ3) is 3.25. The molecule has 3 aromatic rings. The van der Waals surface area contributed by atoms with E-state index in [1.54, 1.807) is 17.2 Å². The van der Waals surface area contributed by atoms with Crippen molar-refractivity contribution in [2.45, 2.75) is 18.7 Å². The van der Waals surface area contributed by atoms with Crippen molar-refractivity contribution in [2.75, 3.05) is 5.06 Å². The largest absolute Gasteiger partial charge is 0.275 e. The minimum atomic E-state index is -0.878. The van der Waals surface area contributed by atoms with Crippen molar-refractivity contribution in [1.29, 1.82) is 5.26 Å². The lowest BCUT2D eigenvalue weighted by molar-refractivity contribution is -0.143. The number of para-hydroxylation sites is 1. The number of hydrogen-bond acceptors (Lipinski definition) is 5. The Morgan fingerprint density at radius 3 is 2.13 bits per heavy atom. The lowest BCUT2D eigenvalue weighted by atomic mass is 9.90. The average Bonchev–Trinajstić information content (AvgIpc) is 3.32. The normalized spacial score (nSPS) is 22.5. The second-order valence-electron chi connectivity index (χ2n) is 7.64. The van der Waals surface area contributed by atoms with Gasteiger partial charge in [0.2, 0.25) is 5.91 Å². The van der Waals surface area contributed by atoms with Crippen LogP contribution in [0.4, 0.5) is 5.69 Å². The number of carbonyl (C=O) groups excluding carboxylic acids is 2. The van der Waals surface area contributed by atoms with Crippen LogP contribution in [0.1, 0.15) is 22.7 Å². The van der Waals surface area contributed by atoms with E-state index in [-0.39, 0.29) is 18.4 Å². The molecular formula is C25H19N3O3. The molecule has 152 valence electrons. The zero-order valence-corrected chi connectivity index (χ0v) is 16.6. The Labute approximate surface area is 179 Å². The first-order chi connectivity index (χ1) is 15.2. The molecule has 0 N–H and O–H groups in total. The number of hydroxylamine groups is 1. The molecule has 2 heterocycles. The summed E-state index contributed by atoms with van der Waals surface area (Å²) in [6, 6.07) is 27.6. The Hall–Kier alpha value is -3.95. The van der Waals surface area contributed by atoms with Gasteiger partial charge < -0.3 is 0 Å². The Morgan fingerprint density at radius 1 is 0.839 bits per heavy atom. The Kier molecular flexibility index (Phi) is 4.73. The molecule has 5 rings (SSSR count). The summed E-state index contributed by atoms with van der Waals surface area (Å²) in [5, 5.41) is 10.8. The van der Waals surface area contributed by atoms with Gasteiger partial charge in [-0.3, -0.25) is 19.3 Å². The van der Waals surface area contributed by atoms with Gasteiger partial charge in [-0.2, -0.15) is 5.26 Å². The number of likely N-dealkylation sites (tertiary alicyclic amines) is 1. The van der Waals surface area contributed by atoms with Crippen molar-refractivity contribution in [3.63, 3.8) is 0 Å². The molecule has 0 unspecified atom stereocenters. The van der Waals surface area contributed by atoms with Crippen LogP contribution in [-0.2, 0) is 21.0 Å². The molecule has 2 saturated heterocycles. The lowest BCUT2D eigenvalue weighted by Crippen LogP contribution is -2.36. The quantitative estimate of drug-likeness (QED) is 0.616. The van der Waals surface area contributed by atoms with Crippen molar-refractivity contribution < 1.29 is 14.4 Å². The fourth-order valence-corrected chi connectivity index (χ4v) is 4.29. The highest BCUT2D eigenvalue weighted by Crippen LogP contribution is 2.46. The third-order valence-corrected chi connectivity index (χ3v) is 5.78. The van der Waals surface area contributed by atoms with Crippen LogP contribution < -0.4 is 5.06 Å². The molecule has 2 aliphatic rings. The molecule has 0 aromatic heterocycles. The molecule has 0 radical (unpaired) electrons. The number of fused-ring (bicyclic) bond motifs is 1. The van der Waals surface area contributed by atoms with Gasteiger partial charge in [-0.25, -0.2) is 5.06 Å². The zero-order valence-electron chi connectivity index (χ0n) is 16.6. The van der Waals surface area contributed by atoms with Gasteiger partial charge in [0, 0.05) is 0 Å². The van der Waals surface area contributed by atoms with Crippen LogP contribution in [-0.4, -0.2) is 22.8 Å². The van der Waals surface area contributed by atoms with Crippen molar-refractivity contribution in [3.05, 3.63) is 102 Å². The molecule has 0 bridgehead atoms. The first-order valence-electron chi connectivity index (χ1n) is 10.1. The van der Waals surface area contributed by atoms with Crippen LogP contribution in [0.3, 0.4) is 0 Å². The maximum atomic E-state index is 13.4. The molecule has 0 saturated carbocycles. The second kappa shape index (κ2) is 7.71. The van der Waals surface area contributed by atoms with Gasteiger partial charge in [-0.15, -0.1) is 0 Å². The summed E-state index contributed by atoms with van der Waals surface area (Å²) < 4.78 is 0. The van der Waals surface area contributed by atoms with Crippen molar-refractivity contribution in [2.24, 2.45) is 5.92 Å². The minimum Gasteiger partial charge on any atom is -0.275 e. The number of benzene rings is 3. The first-order valence-corrected chi connectivity index (χ1v) is 10.1. The molecule has 0 aliphatic carbocycles. The maximum Gasteiger partial charge on any atom is 0.262 e. The van der Waals surface area contributed by atoms with Gasteiger partial charge in [0.05, 0.1) is 29.9 Å². The fourth-order valence-electron chi connectivity index (χ4n) is 4.29. The number of nitriles is 1. The van der Waals surface area contributed by atoms with E-state index in [2.05, 4.69) is 6.07 Å². The van der Waals surface area contributed by atoms with Gasteiger partial charge in [0.15, 0.2) is 6.10 Å². The summed E-state index contributed by atoms with van der Waals surface area (Å²) >= 11 is 0. The van der Waals surface area contributed by atoms with Crippen LogP contribution in [0.2, 0.25) is 0 Å². The smallest absolute Gasteiger partial charge is 0.262 e. The summed E-state index contributed by atoms with van der Waals surface area (Å²) in [4.78, 5) is 34.0. The molecule has 2 aliphatic heterocycles. The van der Waals surface area contributed by atoms with E-state index in [0.29, 0.717) is 5.56 Å². The molecule has 6 heteroatoms. The lowest BCUT2D eigenvalue weighted by Gasteiger charge is -2.28. The SMILES string of the molecule is N#Cc1ccc([C@@H]2[C@H]3C(=O)N(Cc4ccccc4)C(=O)[C@@H]3ON2c2ccccc2)cc1. The minimum absolute atomic E-state index is 0.223. The Balaban J connectivity index is 1.52. The summed E-state index contributed by atoms with van der Waals surface area (Å²) in [6.45, 7) is 0.223. The maximum absolute atomic E-state index is 13.4. The van der Waals surface area contributed by atoms with Crippen LogP contribution in [0.25, 0.3) is 0 Å². The van der Waals surface area contributed by atoms with Gasteiger partial charge in [-0.05, 0) is 35.4 Å². The van der Waals surface area contributed by atoms with Gasteiger partial charge in [-0.1, -0.05) is 60.7 Å². The summed E-state index contributed by atoms with van der Waals surface area (Å²) in [5.74, 6) is -1.23. The number of nitrogens with zero attached hydrogens (tertiary/aromatic N) is 3. The number of anilines is 1. The summed E-state index contributed by atoms with van der Waals surface area (Å²) in [7, 11) is 0. The standard InChI is InChI=1S/C25H19N3O3/c26-15-17-11-13-19(14-12-17)22-21-23(31-28(22)20-9-5-2-6-10-20)25(30)27(24(21)29)16-18-7-3-1-4-8-18/h1-14,21-23H,16H2/t21-,22-,23-/m1/s1. The predicted octanol–water partition coefficient (Wildman–Crippen LogP) is 3.60. The van der Waals surface area contributed by atoms with Crippen molar-refractivity contribution in [3.8, 4) is 6.07 Å². The van der Waals surface area contributed by atoms with Gasteiger partial charge >= 0.3 is 0 Å². The van der Waals surface area contributed by atoms with E-state index in [1.807, 2.05) is 72.8 Å². The number of hydrogen-bond donors (Lipinski definition) is 0. The number of carbonyl (C=O) groups is 2. The predicted molar refractivity (Wildman–Crippen MR) is 113 cm³/mol.